The number of amides is 1. The fourth-order valence-corrected chi connectivity index (χ4v) is 1.92. The van der Waals surface area contributed by atoms with Crippen molar-refractivity contribution in [3.8, 4) is 6.07 Å². The SMILES string of the molecule is N#Cc1cc(N)ccc1NC(=O)C1CCCCO1. The zero-order valence-electron chi connectivity index (χ0n) is 9.98. The molecule has 1 aliphatic heterocycles. The van der Waals surface area contributed by atoms with Crippen molar-refractivity contribution in [2.75, 3.05) is 17.7 Å². The topological polar surface area (TPSA) is 88.1 Å². The van der Waals surface area contributed by atoms with Crippen molar-refractivity contribution in [3.05, 3.63) is 23.8 Å². The second-order valence-electron chi connectivity index (χ2n) is 4.26. The molecule has 1 fully saturated rings. The van der Waals surface area contributed by atoms with Crippen molar-refractivity contribution >= 4 is 17.3 Å². The van der Waals surface area contributed by atoms with Gasteiger partial charge < -0.3 is 15.8 Å². The number of ether oxygens (including phenoxy) is 1. The minimum absolute atomic E-state index is 0.198. The number of benzene rings is 1. The van der Waals surface area contributed by atoms with E-state index < -0.39 is 6.10 Å². The number of nitrogen functional groups attached to an aromatic ring is 1. The molecule has 3 N–H and O–H groups in total. The zero-order chi connectivity index (χ0) is 13.0. The molecule has 1 aliphatic rings. The summed E-state index contributed by atoms with van der Waals surface area (Å²) in [5.41, 5.74) is 6.92. The molecule has 5 nitrogen and oxygen atoms in total. The summed E-state index contributed by atoms with van der Waals surface area (Å²) < 4.78 is 5.39. The lowest BCUT2D eigenvalue weighted by Gasteiger charge is -2.21. The highest BCUT2D eigenvalue weighted by atomic mass is 16.5. The van der Waals surface area contributed by atoms with Crippen LogP contribution in [0.3, 0.4) is 0 Å². The molecule has 94 valence electrons. The van der Waals surface area contributed by atoms with Crippen molar-refractivity contribution in [2.24, 2.45) is 0 Å². The number of nitrogens with zero attached hydrogens (tertiary/aromatic N) is 1. The first kappa shape index (κ1) is 12.4. The zero-order valence-corrected chi connectivity index (χ0v) is 9.98. The van der Waals surface area contributed by atoms with Gasteiger partial charge >= 0.3 is 0 Å². The molecule has 0 radical (unpaired) electrons. The van der Waals surface area contributed by atoms with Gasteiger partial charge in [0.25, 0.3) is 5.91 Å². The van der Waals surface area contributed by atoms with Crippen LogP contribution in [0.5, 0.6) is 0 Å². The summed E-state index contributed by atoms with van der Waals surface area (Å²) >= 11 is 0. The lowest BCUT2D eigenvalue weighted by molar-refractivity contribution is -0.129. The summed E-state index contributed by atoms with van der Waals surface area (Å²) in [5, 5.41) is 11.7. The minimum atomic E-state index is -0.414. The number of carbonyl (C=O) groups excluding carboxylic acids is 1. The molecular weight excluding hydrogens is 230 g/mol. The standard InChI is InChI=1S/C13H15N3O2/c14-8-9-7-10(15)4-5-11(9)16-13(17)12-3-1-2-6-18-12/h4-5,7,12H,1-3,6,15H2,(H,16,17). The van der Waals surface area contributed by atoms with Crippen LogP contribution in [0.1, 0.15) is 24.8 Å². The molecule has 0 aliphatic carbocycles. The van der Waals surface area contributed by atoms with Crippen LogP contribution >= 0.6 is 0 Å². The van der Waals surface area contributed by atoms with E-state index in [-0.39, 0.29) is 5.91 Å². The molecule has 1 unspecified atom stereocenters. The van der Waals surface area contributed by atoms with Crippen LogP contribution in [0.25, 0.3) is 0 Å². The smallest absolute Gasteiger partial charge is 0.253 e. The molecule has 2 rings (SSSR count). The molecule has 1 saturated heterocycles. The number of nitrogens with one attached hydrogen (secondary N) is 1. The third-order valence-electron chi connectivity index (χ3n) is 2.89. The summed E-state index contributed by atoms with van der Waals surface area (Å²) in [5.74, 6) is -0.198. The number of nitriles is 1. The Bertz CT molecular complexity index is 487. The van der Waals surface area contributed by atoms with Crippen LogP contribution < -0.4 is 11.1 Å². The largest absolute Gasteiger partial charge is 0.399 e. The average Bonchev–Trinajstić information content (AvgIpc) is 2.41. The van der Waals surface area contributed by atoms with E-state index in [9.17, 15) is 4.79 Å². The Morgan fingerprint density at radius 1 is 1.50 bits per heavy atom. The summed E-state index contributed by atoms with van der Waals surface area (Å²) in [7, 11) is 0. The van der Waals surface area contributed by atoms with Gasteiger partial charge in [-0.15, -0.1) is 0 Å². The van der Waals surface area contributed by atoms with Crippen molar-refractivity contribution < 1.29 is 9.53 Å². The van der Waals surface area contributed by atoms with Gasteiger partial charge in [0, 0.05) is 12.3 Å². The first-order chi connectivity index (χ1) is 8.70. The molecule has 0 spiro atoms. The van der Waals surface area contributed by atoms with Gasteiger partial charge in [0.15, 0.2) is 0 Å². The molecule has 1 atom stereocenters. The lowest BCUT2D eigenvalue weighted by Crippen LogP contribution is -2.33. The van der Waals surface area contributed by atoms with Gasteiger partial charge in [-0.2, -0.15) is 5.26 Å². The van der Waals surface area contributed by atoms with Crippen molar-refractivity contribution in [1.29, 1.82) is 5.26 Å². The van der Waals surface area contributed by atoms with Crippen LogP contribution in [0, 0.1) is 11.3 Å². The number of anilines is 2. The fourth-order valence-electron chi connectivity index (χ4n) is 1.92. The van der Waals surface area contributed by atoms with Gasteiger partial charge in [0.05, 0.1) is 11.3 Å². The number of hydrogen-bond acceptors (Lipinski definition) is 4. The van der Waals surface area contributed by atoms with E-state index >= 15 is 0 Å². The van der Waals surface area contributed by atoms with Gasteiger partial charge in [-0.1, -0.05) is 0 Å². The molecule has 1 aromatic rings. The lowest BCUT2D eigenvalue weighted by atomic mass is 10.1. The molecule has 1 amide bonds. The maximum absolute atomic E-state index is 11.9. The van der Waals surface area contributed by atoms with E-state index in [1.54, 1.807) is 12.1 Å². The van der Waals surface area contributed by atoms with E-state index in [4.69, 9.17) is 15.7 Å². The van der Waals surface area contributed by atoms with Crippen LogP contribution in [0.4, 0.5) is 11.4 Å². The van der Waals surface area contributed by atoms with Crippen LogP contribution in [-0.4, -0.2) is 18.6 Å². The normalized spacial score (nSPS) is 18.9. The maximum Gasteiger partial charge on any atom is 0.253 e. The average molecular weight is 245 g/mol. The monoisotopic (exact) mass is 245 g/mol. The van der Waals surface area contributed by atoms with E-state index in [0.29, 0.717) is 23.5 Å². The Labute approximate surface area is 106 Å². The van der Waals surface area contributed by atoms with Crippen LogP contribution in [-0.2, 0) is 9.53 Å². The number of hydrogen-bond donors (Lipinski definition) is 2. The highest BCUT2D eigenvalue weighted by Gasteiger charge is 2.22. The van der Waals surface area contributed by atoms with Gasteiger partial charge in [-0.3, -0.25) is 4.79 Å². The fraction of sp³-hybridized carbons (Fsp3) is 0.385. The molecule has 1 heterocycles. The molecule has 18 heavy (non-hydrogen) atoms. The van der Waals surface area contributed by atoms with E-state index in [0.717, 1.165) is 19.3 Å². The Balaban J connectivity index is 2.09. The molecule has 0 aromatic heterocycles. The Kier molecular flexibility index (Phi) is 3.80. The predicted molar refractivity (Wildman–Crippen MR) is 67.8 cm³/mol. The molecule has 1 aromatic carbocycles. The van der Waals surface area contributed by atoms with Crippen LogP contribution in [0.15, 0.2) is 18.2 Å². The van der Waals surface area contributed by atoms with Crippen molar-refractivity contribution in [3.63, 3.8) is 0 Å². The quantitative estimate of drug-likeness (QED) is 0.775. The van der Waals surface area contributed by atoms with E-state index in [2.05, 4.69) is 5.32 Å². The molecule has 5 heteroatoms. The molecule has 0 bridgehead atoms. The van der Waals surface area contributed by atoms with Gasteiger partial charge in [-0.05, 0) is 37.5 Å². The number of carbonyl (C=O) groups is 1. The van der Waals surface area contributed by atoms with Crippen LogP contribution in [0.2, 0.25) is 0 Å². The van der Waals surface area contributed by atoms with E-state index in [1.807, 2.05) is 6.07 Å². The first-order valence-electron chi connectivity index (χ1n) is 5.93. The Morgan fingerprint density at radius 3 is 3.00 bits per heavy atom. The Hall–Kier alpha value is -2.06. The summed E-state index contributed by atoms with van der Waals surface area (Å²) in [6.45, 7) is 0.616. The van der Waals surface area contributed by atoms with Gasteiger partial charge in [0.1, 0.15) is 12.2 Å². The van der Waals surface area contributed by atoms with E-state index in [1.165, 1.54) is 6.07 Å². The van der Waals surface area contributed by atoms with Crippen molar-refractivity contribution in [2.45, 2.75) is 25.4 Å². The highest BCUT2D eigenvalue weighted by molar-refractivity contribution is 5.95. The van der Waals surface area contributed by atoms with Gasteiger partial charge in [0.2, 0.25) is 0 Å². The summed E-state index contributed by atoms with van der Waals surface area (Å²) in [6.07, 6.45) is 2.30. The first-order valence-corrected chi connectivity index (χ1v) is 5.93. The predicted octanol–water partition coefficient (Wildman–Crippen LogP) is 1.65. The number of nitrogens with two attached hydrogens (primary N) is 1. The maximum atomic E-state index is 11.9. The highest BCUT2D eigenvalue weighted by Crippen LogP contribution is 2.20. The summed E-state index contributed by atoms with van der Waals surface area (Å²) in [6, 6.07) is 6.83. The minimum Gasteiger partial charge on any atom is -0.399 e. The van der Waals surface area contributed by atoms with Gasteiger partial charge in [-0.25, -0.2) is 0 Å². The third-order valence-corrected chi connectivity index (χ3v) is 2.89. The number of rotatable bonds is 2. The molecular formula is C13H15N3O2. The third kappa shape index (κ3) is 2.79. The summed E-state index contributed by atoms with van der Waals surface area (Å²) in [4.78, 5) is 11.9. The second-order valence-corrected chi connectivity index (χ2v) is 4.26. The molecule has 0 saturated carbocycles. The second kappa shape index (κ2) is 5.52. The van der Waals surface area contributed by atoms with Crippen molar-refractivity contribution in [1.82, 2.24) is 0 Å². The Morgan fingerprint density at radius 2 is 2.33 bits per heavy atom.